The maximum absolute atomic E-state index is 11.7. The number of aryl methyl sites for hydroxylation is 1. The van der Waals surface area contributed by atoms with E-state index >= 15 is 0 Å². The van der Waals surface area contributed by atoms with Crippen LogP contribution in [-0.2, 0) is 9.53 Å². The van der Waals surface area contributed by atoms with Gasteiger partial charge in [0, 0.05) is 17.4 Å². The van der Waals surface area contributed by atoms with E-state index in [4.69, 9.17) is 14.2 Å². The molecular formula is C23H23NO4. The number of ether oxygens (including phenoxy) is 3. The summed E-state index contributed by atoms with van der Waals surface area (Å²) in [5, 5.41) is 3.34. The smallest absolute Gasteiger partial charge is 0.344 e. The number of carbonyl (C=O) groups is 1. The zero-order valence-corrected chi connectivity index (χ0v) is 16.0. The van der Waals surface area contributed by atoms with Gasteiger partial charge in [-0.3, -0.25) is 0 Å². The molecule has 0 atom stereocenters. The standard InChI is InChI=1S/C23H23NO4/c1-3-26-23(25)16-27-22-15-19(24-18-9-7-8-17(2)14-18)12-13-21(22)28-20-10-5-4-6-11-20/h4-15,24H,3,16H2,1-2H3. The molecule has 0 saturated carbocycles. The summed E-state index contributed by atoms with van der Waals surface area (Å²) >= 11 is 0. The minimum Gasteiger partial charge on any atom is -0.478 e. The van der Waals surface area contributed by atoms with Crippen molar-refractivity contribution in [3.8, 4) is 17.2 Å². The van der Waals surface area contributed by atoms with Gasteiger partial charge >= 0.3 is 5.97 Å². The summed E-state index contributed by atoms with van der Waals surface area (Å²) in [6.07, 6.45) is 0. The summed E-state index contributed by atoms with van der Waals surface area (Å²) in [5.74, 6) is 1.23. The fourth-order valence-electron chi connectivity index (χ4n) is 2.63. The van der Waals surface area contributed by atoms with E-state index in [1.54, 1.807) is 13.0 Å². The number of hydrogen-bond acceptors (Lipinski definition) is 5. The second-order valence-corrected chi connectivity index (χ2v) is 6.16. The molecule has 3 aromatic carbocycles. The fourth-order valence-corrected chi connectivity index (χ4v) is 2.63. The zero-order chi connectivity index (χ0) is 19.8. The Morgan fingerprint density at radius 1 is 0.893 bits per heavy atom. The van der Waals surface area contributed by atoms with Crippen LogP contribution in [0.15, 0.2) is 72.8 Å². The number of nitrogens with one attached hydrogen (secondary N) is 1. The predicted octanol–water partition coefficient (Wildman–Crippen LogP) is 5.47. The molecule has 28 heavy (non-hydrogen) atoms. The summed E-state index contributed by atoms with van der Waals surface area (Å²) < 4.78 is 16.5. The molecule has 0 amide bonds. The van der Waals surface area contributed by atoms with Gasteiger partial charge in [0.05, 0.1) is 6.61 Å². The Morgan fingerprint density at radius 2 is 1.68 bits per heavy atom. The van der Waals surface area contributed by atoms with Crippen LogP contribution in [0.4, 0.5) is 11.4 Å². The largest absolute Gasteiger partial charge is 0.478 e. The first kappa shape index (κ1) is 19.3. The second kappa shape index (κ2) is 9.46. The SMILES string of the molecule is CCOC(=O)COc1cc(Nc2cccc(C)c2)ccc1Oc1ccccc1. The minimum atomic E-state index is -0.426. The number of rotatable bonds is 8. The van der Waals surface area contributed by atoms with E-state index in [1.165, 1.54) is 0 Å². The molecule has 5 heteroatoms. The highest BCUT2D eigenvalue weighted by molar-refractivity contribution is 5.71. The van der Waals surface area contributed by atoms with Crippen LogP contribution in [0.2, 0.25) is 0 Å². The van der Waals surface area contributed by atoms with Gasteiger partial charge in [0.25, 0.3) is 0 Å². The van der Waals surface area contributed by atoms with Gasteiger partial charge < -0.3 is 19.5 Å². The number of carbonyl (C=O) groups excluding carboxylic acids is 1. The van der Waals surface area contributed by atoms with Crippen molar-refractivity contribution in [1.82, 2.24) is 0 Å². The summed E-state index contributed by atoms with van der Waals surface area (Å²) in [7, 11) is 0. The van der Waals surface area contributed by atoms with Crippen molar-refractivity contribution >= 4 is 17.3 Å². The first-order chi connectivity index (χ1) is 13.6. The molecule has 144 valence electrons. The van der Waals surface area contributed by atoms with Gasteiger partial charge in [0.1, 0.15) is 5.75 Å². The number of para-hydroxylation sites is 1. The molecule has 1 N–H and O–H groups in total. The number of benzene rings is 3. The van der Waals surface area contributed by atoms with Gasteiger partial charge in [-0.1, -0.05) is 30.3 Å². The van der Waals surface area contributed by atoms with Crippen LogP contribution in [0.5, 0.6) is 17.2 Å². The zero-order valence-electron chi connectivity index (χ0n) is 16.0. The van der Waals surface area contributed by atoms with Crippen LogP contribution in [0.3, 0.4) is 0 Å². The Balaban J connectivity index is 1.82. The van der Waals surface area contributed by atoms with E-state index in [2.05, 4.69) is 5.32 Å². The monoisotopic (exact) mass is 377 g/mol. The van der Waals surface area contributed by atoms with Gasteiger partial charge in [0.15, 0.2) is 18.1 Å². The average Bonchev–Trinajstić information content (AvgIpc) is 2.69. The lowest BCUT2D eigenvalue weighted by Gasteiger charge is -2.15. The third kappa shape index (κ3) is 5.51. The molecule has 0 aromatic heterocycles. The van der Waals surface area contributed by atoms with Gasteiger partial charge in [-0.15, -0.1) is 0 Å². The molecule has 5 nitrogen and oxygen atoms in total. The first-order valence-corrected chi connectivity index (χ1v) is 9.13. The maximum Gasteiger partial charge on any atom is 0.344 e. The Labute approximate surface area is 164 Å². The molecule has 0 bridgehead atoms. The average molecular weight is 377 g/mol. The van der Waals surface area contributed by atoms with Crippen LogP contribution < -0.4 is 14.8 Å². The van der Waals surface area contributed by atoms with Crippen molar-refractivity contribution in [2.45, 2.75) is 13.8 Å². The van der Waals surface area contributed by atoms with E-state index in [0.717, 1.165) is 16.9 Å². The molecule has 0 radical (unpaired) electrons. The van der Waals surface area contributed by atoms with Gasteiger partial charge in [-0.25, -0.2) is 4.79 Å². The van der Waals surface area contributed by atoms with Crippen LogP contribution in [-0.4, -0.2) is 19.2 Å². The summed E-state index contributed by atoms with van der Waals surface area (Å²) in [5.41, 5.74) is 2.95. The van der Waals surface area contributed by atoms with E-state index in [1.807, 2.05) is 73.7 Å². The van der Waals surface area contributed by atoms with Crippen LogP contribution in [0.1, 0.15) is 12.5 Å². The summed E-state index contributed by atoms with van der Waals surface area (Å²) in [4.78, 5) is 11.7. The quantitative estimate of drug-likeness (QED) is 0.527. The maximum atomic E-state index is 11.7. The van der Waals surface area contributed by atoms with E-state index in [-0.39, 0.29) is 6.61 Å². The van der Waals surface area contributed by atoms with Crippen LogP contribution in [0, 0.1) is 6.92 Å². The van der Waals surface area contributed by atoms with Crippen molar-refractivity contribution < 1.29 is 19.0 Å². The van der Waals surface area contributed by atoms with E-state index in [9.17, 15) is 4.79 Å². The first-order valence-electron chi connectivity index (χ1n) is 9.13. The molecule has 0 aliphatic heterocycles. The Hall–Kier alpha value is -3.47. The predicted molar refractivity (Wildman–Crippen MR) is 110 cm³/mol. The fraction of sp³-hybridized carbons (Fsp3) is 0.174. The minimum absolute atomic E-state index is 0.188. The molecular weight excluding hydrogens is 354 g/mol. The summed E-state index contributed by atoms with van der Waals surface area (Å²) in [6.45, 7) is 3.92. The normalized spacial score (nSPS) is 10.2. The van der Waals surface area contributed by atoms with Crippen LogP contribution >= 0.6 is 0 Å². The molecule has 0 spiro atoms. The lowest BCUT2D eigenvalue weighted by Crippen LogP contribution is -2.14. The second-order valence-electron chi connectivity index (χ2n) is 6.16. The van der Waals surface area contributed by atoms with Crippen molar-refractivity contribution in [2.75, 3.05) is 18.5 Å². The van der Waals surface area contributed by atoms with Crippen molar-refractivity contribution in [2.24, 2.45) is 0 Å². The summed E-state index contributed by atoms with van der Waals surface area (Å²) in [6, 6.07) is 23.0. The molecule has 0 aliphatic rings. The highest BCUT2D eigenvalue weighted by atomic mass is 16.6. The lowest BCUT2D eigenvalue weighted by molar-refractivity contribution is -0.145. The molecule has 0 fully saturated rings. The highest BCUT2D eigenvalue weighted by Gasteiger charge is 2.11. The Bertz CT molecular complexity index is 925. The van der Waals surface area contributed by atoms with E-state index < -0.39 is 5.97 Å². The molecule has 0 saturated heterocycles. The molecule has 0 heterocycles. The molecule has 0 unspecified atom stereocenters. The third-order valence-corrected chi connectivity index (χ3v) is 3.87. The van der Waals surface area contributed by atoms with E-state index in [0.29, 0.717) is 23.9 Å². The van der Waals surface area contributed by atoms with Crippen molar-refractivity contribution in [1.29, 1.82) is 0 Å². The van der Waals surface area contributed by atoms with Crippen LogP contribution in [0.25, 0.3) is 0 Å². The lowest BCUT2D eigenvalue weighted by atomic mass is 10.2. The van der Waals surface area contributed by atoms with Crippen molar-refractivity contribution in [3.05, 3.63) is 78.4 Å². The molecule has 3 rings (SSSR count). The third-order valence-electron chi connectivity index (χ3n) is 3.87. The van der Waals surface area contributed by atoms with Crippen molar-refractivity contribution in [3.63, 3.8) is 0 Å². The number of hydrogen-bond donors (Lipinski definition) is 1. The Morgan fingerprint density at radius 3 is 2.43 bits per heavy atom. The topological polar surface area (TPSA) is 56.8 Å². The Kier molecular flexibility index (Phi) is 6.52. The van der Waals surface area contributed by atoms with Gasteiger partial charge in [-0.05, 0) is 55.8 Å². The highest BCUT2D eigenvalue weighted by Crippen LogP contribution is 2.35. The van der Waals surface area contributed by atoms with Gasteiger partial charge in [0.2, 0.25) is 0 Å². The number of anilines is 2. The number of esters is 1. The van der Waals surface area contributed by atoms with Gasteiger partial charge in [-0.2, -0.15) is 0 Å². The molecule has 3 aromatic rings. The molecule has 0 aliphatic carbocycles.